The van der Waals surface area contributed by atoms with Crippen molar-refractivity contribution < 1.29 is 23.4 Å². The minimum atomic E-state index is -0.816. The molecular weight excluding hydrogens is 482 g/mol. The summed E-state index contributed by atoms with van der Waals surface area (Å²) in [6, 6.07) is 9.57. The smallest absolute Gasteiger partial charge is 0.289 e. The summed E-state index contributed by atoms with van der Waals surface area (Å²) in [4.78, 5) is 36.0. The average Bonchev–Trinajstić information content (AvgIpc) is 3.37. The van der Waals surface area contributed by atoms with Crippen LogP contribution in [0.2, 0.25) is 0 Å². The molecule has 10 heteroatoms. The molecule has 196 valence electrons. The number of amides is 1. The van der Waals surface area contributed by atoms with E-state index in [2.05, 4.69) is 9.97 Å². The lowest BCUT2D eigenvalue weighted by Gasteiger charge is -2.26. The normalized spacial score (nSPS) is 16.2. The minimum absolute atomic E-state index is 0.0654. The number of pyridine rings is 1. The average molecular weight is 513 g/mol. The number of halogens is 2. The van der Waals surface area contributed by atoms with Gasteiger partial charge in [-0.15, -0.1) is 0 Å². The summed E-state index contributed by atoms with van der Waals surface area (Å²) in [6.45, 7) is 2.48. The summed E-state index contributed by atoms with van der Waals surface area (Å²) in [5.74, 6) is -2.83. The Balaban J connectivity index is 1.73. The summed E-state index contributed by atoms with van der Waals surface area (Å²) in [6.07, 6.45) is 3.33. The Hall–Kier alpha value is -3.66. The van der Waals surface area contributed by atoms with E-state index in [0.717, 1.165) is 30.7 Å². The number of methoxy groups -OCH3 is 1. The van der Waals surface area contributed by atoms with Crippen molar-refractivity contribution in [1.29, 1.82) is 0 Å². The Morgan fingerprint density at radius 1 is 1.27 bits per heavy atom. The van der Waals surface area contributed by atoms with E-state index in [1.54, 1.807) is 0 Å². The number of likely N-dealkylation sites (tertiary alicyclic amines) is 1. The summed E-state index contributed by atoms with van der Waals surface area (Å²) < 4.78 is 34.5. The molecule has 1 saturated heterocycles. The summed E-state index contributed by atoms with van der Waals surface area (Å²) >= 11 is 0. The molecule has 3 heterocycles. The molecule has 1 N–H and O–H groups in total. The molecule has 0 aliphatic carbocycles. The number of rotatable bonds is 9. The molecule has 0 radical (unpaired) electrons. The number of ether oxygens (including phenoxy) is 1. The van der Waals surface area contributed by atoms with Crippen molar-refractivity contribution in [1.82, 2.24) is 19.4 Å². The van der Waals surface area contributed by atoms with Gasteiger partial charge in [0.25, 0.3) is 11.5 Å². The van der Waals surface area contributed by atoms with Crippen LogP contribution < -0.4 is 5.56 Å². The quantitative estimate of drug-likeness (QED) is 0.468. The van der Waals surface area contributed by atoms with Crippen molar-refractivity contribution in [3.8, 4) is 5.88 Å². The predicted octanol–water partition coefficient (Wildman–Crippen LogP) is 3.83. The largest absolute Gasteiger partial charge is 0.494 e. The van der Waals surface area contributed by atoms with Gasteiger partial charge in [-0.25, -0.2) is 8.78 Å². The Labute approximate surface area is 213 Å². The van der Waals surface area contributed by atoms with Crippen molar-refractivity contribution in [2.24, 2.45) is 0 Å². The van der Waals surface area contributed by atoms with Gasteiger partial charge >= 0.3 is 0 Å². The third-order valence-corrected chi connectivity index (χ3v) is 6.66. The number of hydrogen-bond donors (Lipinski definition) is 1. The van der Waals surface area contributed by atoms with Crippen LogP contribution in [-0.4, -0.2) is 57.3 Å². The number of hydrogen-bond acceptors (Lipinski definition) is 6. The zero-order chi connectivity index (χ0) is 26.5. The predicted molar refractivity (Wildman–Crippen MR) is 133 cm³/mol. The highest BCUT2D eigenvalue weighted by molar-refractivity contribution is 5.96. The second kappa shape index (κ2) is 11.6. The van der Waals surface area contributed by atoms with Gasteiger partial charge in [0, 0.05) is 38.6 Å². The standard InChI is InChI=1S/C27H30F2N4O4/c1-3-4-10-22-31-25(34)23(27(36)33(22)21(16-37-2)17-8-6-5-7-9-17)26(35)32-12-11-18(15-32)24-20(29)13-19(28)14-30-24/h5-9,13-14,18,21,36H,3-4,10-12,15-16H2,1-2H3/t18?,21-/m0/s1. The van der Waals surface area contributed by atoms with Crippen molar-refractivity contribution in [2.75, 3.05) is 26.8 Å². The molecule has 4 rings (SSSR count). The molecule has 3 aromatic rings. The lowest BCUT2D eigenvalue weighted by atomic mass is 10.0. The lowest BCUT2D eigenvalue weighted by Crippen LogP contribution is -2.36. The molecule has 1 aliphatic rings. The molecule has 1 unspecified atom stereocenters. The van der Waals surface area contributed by atoms with Crippen molar-refractivity contribution in [3.05, 3.63) is 87.2 Å². The van der Waals surface area contributed by atoms with Gasteiger partial charge in [0.2, 0.25) is 5.88 Å². The number of unbranched alkanes of at least 4 members (excludes halogenated alkanes) is 1. The van der Waals surface area contributed by atoms with Gasteiger partial charge in [0.05, 0.1) is 24.5 Å². The van der Waals surface area contributed by atoms with Crippen LogP contribution in [0.25, 0.3) is 0 Å². The second-order valence-corrected chi connectivity index (χ2v) is 9.14. The van der Waals surface area contributed by atoms with Crippen LogP contribution in [-0.2, 0) is 11.2 Å². The van der Waals surface area contributed by atoms with E-state index in [1.165, 1.54) is 16.6 Å². The fraction of sp³-hybridized carbons (Fsp3) is 0.407. The van der Waals surface area contributed by atoms with Gasteiger partial charge < -0.3 is 14.7 Å². The topological polar surface area (TPSA) is 97.5 Å². The highest BCUT2D eigenvalue weighted by Crippen LogP contribution is 2.32. The van der Waals surface area contributed by atoms with Gasteiger partial charge in [0.1, 0.15) is 17.5 Å². The molecule has 1 aliphatic heterocycles. The van der Waals surface area contributed by atoms with Gasteiger partial charge in [-0.05, 0) is 18.4 Å². The molecule has 0 bridgehead atoms. The monoisotopic (exact) mass is 512 g/mol. The molecule has 8 nitrogen and oxygen atoms in total. The van der Waals surface area contributed by atoms with Crippen LogP contribution >= 0.6 is 0 Å². The Bertz CT molecular complexity index is 1320. The Morgan fingerprint density at radius 2 is 2.03 bits per heavy atom. The number of carbonyl (C=O) groups excluding carboxylic acids is 1. The van der Waals surface area contributed by atoms with Crippen molar-refractivity contribution in [2.45, 2.75) is 44.6 Å². The Morgan fingerprint density at radius 3 is 2.70 bits per heavy atom. The zero-order valence-corrected chi connectivity index (χ0v) is 20.9. The van der Waals surface area contributed by atoms with E-state index >= 15 is 0 Å². The SMILES string of the molecule is CCCCc1nc(=O)c(C(=O)N2CCC(c3ncc(F)cc3F)C2)c(O)n1[C@@H](COC)c1ccccc1. The van der Waals surface area contributed by atoms with Gasteiger partial charge in [-0.1, -0.05) is 43.7 Å². The van der Waals surface area contributed by atoms with Crippen LogP contribution in [0.15, 0.2) is 47.4 Å². The first-order valence-electron chi connectivity index (χ1n) is 12.3. The highest BCUT2D eigenvalue weighted by atomic mass is 19.1. The third kappa shape index (κ3) is 5.53. The van der Waals surface area contributed by atoms with Gasteiger partial charge in [-0.2, -0.15) is 4.98 Å². The first-order valence-corrected chi connectivity index (χ1v) is 12.3. The van der Waals surface area contributed by atoms with Crippen molar-refractivity contribution in [3.63, 3.8) is 0 Å². The number of aryl methyl sites for hydroxylation is 1. The zero-order valence-electron chi connectivity index (χ0n) is 20.9. The van der Waals surface area contributed by atoms with Crippen LogP contribution in [0.1, 0.15) is 65.6 Å². The number of benzene rings is 1. The van der Waals surface area contributed by atoms with Crippen molar-refractivity contribution >= 4 is 5.91 Å². The van der Waals surface area contributed by atoms with E-state index in [-0.39, 0.29) is 25.4 Å². The first kappa shape index (κ1) is 26.4. The molecule has 1 amide bonds. The highest BCUT2D eigenvalue weighted by Gasteiger charge is 2.35. The molecule has 1 fully saturated rings. The van der Waals surface area contributed by atoms with E-state index in [0.29, 0.717) is 18.7 Å². The van der Waals surface area contributed by atoms with Gasteiger partial charge in [-0.3, -0.25) is 19.1 Å². The fourth-order valence-corrected chi connectivity index (χ4v) is 4.80. The number of carbonyl (C=O) groups is 1. The molecular formula is C27H30F2N4O4. The van der Waals surface area contributed by atoms with Crippen LogP contribution in [0, 0.1) is 11.6 Å². The second-order valence-electron chi connectivity index (χ2n) is 9.14. The number of nitrogens with zero attached hydrogens (tertiary/aromatic N) is 4. The molecule has 2 atom stereocenters. The summed E-state index contributed by atoms with van der Waals surface area (Å²) in [5, 5.41) is 11.4. The number of aromatic hydroxyl groups is 1. The van der Waals surface area contributed by atoms with Crippen LogP contribution in [0.3, 0.4) is 0 Å². The van der Waals surface area contributed by atoms with Crippen LogP contribution in [0.4, 0.5) is 8.78 Å². The molecule has 0 saturated carbocycles. The third-order valence-electron chi connectivity index (χ3n) is 6.66. The Kier molecular flexibility index (Phi) is 8.27. The summed E-state index contributed by atoms with van der Waals surface area (Å²) in [5.41, 5.74) is -0.370. The van der Waals surface area contributed by atoms with E-state index < -0.39 is 46.5 Å². The van der Waals surface area contributed by atoms with Crippen LogP contribution in [0.5, 0.6) is 5.88 Å². The van der Waals surface area contributed by atoms with E-state index in [1.807, 2.05) is 37.3 Å². The van der Waals surface area contributed by atoms with E-state index in [9.17, 15) is 23.5 Å². The summed E-state index contributed by atoms with van der Waals surface area (Å²) in [7, 11) is 1.54. The molecule has 37 heavy (non-hydrogen) atoms. The lowest BCUT2D eigenvalue weighted by molar-refractivity contribution is 0.0781. The fourth-order valence-electron chi connectivity index (χ4n) is 4.80. The maximum atomic E-state index is 14.3. The van der Waals surface area contributed by atoms with E-state index in [4.69, 9.17) is 4.74 Å². The first-order chi connectivity index (χ1) is 17.8. The van der Waals surface area contributed by atoms with Gasteiger partial charge in [0.15, 0.2) is 5.56 Å². The number of aromatic nitrogens is 3. The molecule has 0 spiro atoms. The maximum Gasteiger partial charge on any atom is 0.289 e. The molecule has 2 aromatic heterocycles. The molecule has 1 aromatic carbocycles. The maximum absolute atomic E-state index is 14.3. The minimum Gasteiger partial charge on any atom is -0.494 e.